The van der Waals surface area contributed by atoms with Gasteiger partial charge in [0.05, 0.1) is 23.1 Å². The summed E-state index contributed by atoms with van der Waals surface area (Å²) in [6.07, 6.45) is 1.07. The van der Waals surface area contributed by atoms with E-state index >= 15 is 0 Å². The fourth-order valence-corrected chi connectivity index (χ4v) is 4.67. The topological polar surface area (TPSA) is 104 Å². The molecule has 2 N–H and O–H groups in total. The van der Waals surface area contributed by atoms with Crippen molar-refractivity contribution in [3.05, 3.63) is 29.8 Å². The minimum absolute atomic E-state index is 0.0575. The van der Waals surface area contributed by atoms with Gasteiger partial charge in [-0.15, -0.1) is 0 Å². The predicted molar refractivity (Wildman–Crippen MR) is 100 cm³/mol. The molecular formula is C17H16Br2N2O5. The number of likely N-dealkylation sites (tertiary alicyclic amines) is 1. The third-order valence-corrected chi connectivity index (χ3v) is 7.47. The van der Waals surface area contributed by atoms with Crippen LogP contribution < -0.4 is 5.32 Å². The van der Waals surface area contributed by atoms with Gasteiger partial charge in [-0.3, -0.25) is 19.3 Å². The number of fused-ring (bicyclic) bond motifs is 1. The van der Waals surface area contributed by atoms with Gasteiger partial charge in [0.1, 0.15) is 6.54 Å². The monoisotopic (exact) mass is 486 g/mol. The molecule has 1 aromatic carbocycles. The zero-order valence-corrected chi connectivity index (χ0v) is 16.7. The summed E-state index contributed by atoms with van der Waals surface area (Å²) in [6, 6.07) is 5.96. The molecule has 3 amide bonds. The van der Waals surface area contributed by atoms with E-state index in [9.17, 15) is 19.2 Å². The SMILES string of the molecule is O=C(CN1C(=O)[C@@H]2C[C@H](Br)[C@@H](Br)C[C@H]2C1=O)Nc1ccccc1C(=O)O. The molecule has 1 aromatic rings. The highest BCUT2D eigenvalue weighted by atomic mass is 79.9. The molecule has 1 aliphatic carbocycles. The summed E-state index contributed by atoms with van der Waals surface area (Å²) < 4.78 is 0. The first-order valence-corrected chi connectivity index (χ1v) is 9.88. The number of rotatable bonds is 4. The zero-order chi connectivity index (χ0) is 19.0. The van der Waals surface area contributed by atoms with Crippen LogP contribution in [0.4, 0.5) is 5.69 Å². The standard InChI is InChI=1S/C17H16Br2N2O5/c18-11-5-9-10(6-12(11)19)16(24)21(15(9)23)7-14(22)20-13-4-2-1-3-8(13)17(25)26/h1-4,9-12H,5-7H2,(H,20,22)(H,25,26)/t9-,10-,11+,12+/m1/s1. The van der Waals surface area contributed by atoms with Crippen molar-refractivity contribution in [2.75, 3.05) is 11.9 Å². The van der Waals surface area contributed by atoms with E-state index in [0.29, 0.717) is 12.8 Å². The van der Waals surface area contributed by atoms with Crippen LogP contribution in [0.5, 0.6) is 0 Å². The van der Waals surface area contributed by atoms with Gasteiger partial charge in [0.2, 0.25) is 17.7 Å². The molecule has 0 aromatic heterocycles. The second-order valence-corrected chi connectivity index (χ2v) is 8.73. The van der Waals surface area contributed by atoms with E-state index in [2.05, 4.69) is 37.2 Å². The van der Waals surface area contributed by atoms with Gasteiger partial charge in [0.15, 0.2) is 0 Å². The van der Waals surface area contributed by atoms with Crippen molar-refractivity contribution in [2.45, 2.75) is 22.5 Å². The average Bonchev–Trinajstić information content (AvgIpc) is 2.80. The van der Waals surface area contributed by atoms with Gasteiger partial charge >= 0.3 is 5.97 Å². The molecule has 26 heavy (non-hydrogen) atoms. The normalized spacial score (nSPS) is 28.0. The fraction of sp³-hybridized carbons (Fsp3) is 0.412. The second-order valence-electron chi connectivity index (χ2n) is 6.38. The lowest BCUT2D eigenvalue weighted by Gasteiger charge is -2.29. The average molecular weight is 488 g/mol. The molecule has 0 unspecified atom stereocenters. The first-order chi connectivity index (χ1) is 12.3. The molecule has 0 radical (unpaired) electrons. The largest absolute Gasteiger partial charge is 0.478 e. The van der Waals surface area contributed by atoms with Crippen LogP contribution in [0.2, 0.25) is 0 Å². The number of alkyl halides is 2. The molecule has 2 aliphatic rings. The number of hydrogen-bond acceptors (Lipinski definition) is 4. The van der Waals surface area contributed by atoms with E-state index in [1.165, 1.54) is 12.1 Å². The van der Waals surface area contributed by atoms with Crippen LogP contribution in [-0.4, -0.2) is 49.9 Å². The van der Waals surface area contributed by atoms with Gasteiger partial charge in [0.25, 0.3) is 0 Å². The molecule has 0 bridgehead atoms. The van der Waals surface area contributed by atoms with E-state index in [1.807, 2.05) is 0 Å². The summed E-state index contributed by atoms with van der Waals surface area (Å²) in [7, 11) is 0. The Bertz CT molecular complexity index is 756. The molecule has 7 nitrogen and oxygen atoms in total. The summed E-state index contributed by atoms with van der Waals surface area (Å²) in [5.41, 5.74) is 0.0698. The molecular weight excluding hydrogens is 472 g/mol. The molecule has 2 fully saturated rings. The van der Waals surface area contributed by atoms with E-state index in [-0.39, 0.29) is 32.7 Å². The summed E-state index contributed by atoms with van der Waals surface area (Å²) in [5, 5.41) is 11.6. The number of amides is 3. The molecule has 9 heteroatoms. The van der Waals surface area contributed by atoms with Gasteiger partial charge in [-0.05, 0) is 25.0 Å². The Hall–Kier alpha value is -1.74. The Balaban J connectivity index is 1.71. The number of carbonyl (C=O) groups is 4. The summed E-state index contributed by atoms with van der Waals surface area (Å²) in [5.74, 6) is -3.30. The molecule has 3 rings (SSSR count). The number of halogens is 2. The van der Waals surface area contributed by atoms with Crippen LogP contribution in [0.15, 0.2) is 24.3 Å². The minimum atomic E-state index is -1.17. The molecule has 4 atom stereocenters. The summed E-state index contributed by atoms with van der Waals surface area (Å²) in [4.78, 5) is 49.8. The van der Waals surface area contributed by atoms with Gasteiger partial charge < -0.3 is 10.4 Å². The number of benzene rings is 1. The lowest BCUT2D eigenvalue weighted by molar-refractivity contribution is -0.142. The van der Waals surface area contributed by atoms with E-state index in [1.54, 1.807) is 12.1 Å². The minimum Gasteiger partial charge on any atom is -0.478 e. The maximum atomic E-state index is 12.6. The van der Waals surface area contributed by atoms with Gasteiger partial charge in [0, 0.05) is 9.65 Å². The lowest BCUT2D eigenvalue weighted by atomic mass is 9.81. The van der Waals surface area contributed by atoms with Crippen molar-refractivity contribution in [1.29, 1.82) is 0 Å². The quantitative estimate of drug-likeness (QED) is 0.500. The van der Waals surface area contributed by atoms with Gasteiger partial charge in [-0.1, -0.05) is 44.0 Å². The van der Waals surface area contributed by atoms with Crippen molar-refractivity contribution in [3.8, 4) is 0 Å². The Morgan fingerprint density at radius 1 is 1.08 bits per heavy atom. The van der Waals surface area contributed by atoms with Crippen molar-refractivity contribution < 1.29 is 24.3 Å². The highest BCUT2D eigenvalue weighted by Gasteiger charge is 2.52. The smallest absolute Gasteiger partial charge is 0.337 e. The number of hydrogen-bond donors (Lipinski definition) is 2. The second kappa shape index (κ2) is 7.48. The molecule has 1 saturated carbocycles. The number of carboxylic acid groups (broad SMARTS) is 1. The third kappa shape index (κ3) is 3.55. The van der Waals surface area contributed by atoms with Gasteiger partial charge in [-0.2, -0.15) is 0 Å². The Labute approximate surface area is 166 Å². The van der Waals surface area contributed by atoms with Crippen LogP contribution in [-0.2, 0) is 14.4 Å². The van der Waals surface area contributed by atoms with E-state index in [4.69, 9.17) is 5.11 Å². The molecule has 1 aliphatic heterocycles. The molecule has 0 spiro atoms. The number of nitrogens with one attached hydrogen (secondary N) is 1. The first-order valence-electron chi connectivity index (χ1n) is 8.05. The third-order valence-electron chi connectivity index (χ3n) is 4.74. The van der Waals surface area contributed by atoms with E-state index < -0.39 is 30.3 Å². The molecule has 1 heterocycles. The van der Waals surface area contributed by atoms with Crippen molar-refractivity contribution in [3.63, 3.8) is 0 Å². The summed E-state index contributed by atoms with van der Waals surface area (Å²) >= 11 is 7.02. The van der Waals surface area contributed by atoms with Gasteiger partial charge in [-0.25, -0.2) is 4.79 Å². The van der Waals surface area contributed by atoms with Crippen LogP contribution in [0.1, 0.15) is 23.2 Å². The van der Waals surface area contributed by atoms with Crippen molar-refractivity contribution >= 4 is 61.2 Å². The fourth-order valence-electron chi connectivity index (χ4n) is 3.43. The Kier molecular flexibility index (Phi) is 5.47. The number of carboxylic acids is 1. The van der Waals surface area contributed by atoms with Crippen LogP contribution in [0.25, 0.3) is 0 Å². The number of imide groups is 1. The molecule has 138 valence electrons. The number of aromatic carboxylic acids is 1. The maximum Gasteiger partial charge on any atom is 0.337 e. The van der Waals surface area contributed by atoms with E-state index in [0.717, 1.165) is 4.90 Å². The summed E-state index contributed by atoms with van der Waals surface area (Å²) in [6.45, 7) is -0.418. The maximum absolute atomic E-state index is 12.6. The van der Waals surface area contributed by atoms with Crippen LogP contribution in [0.3, 0.4) is 0 Å². The predicted octanol–water partition coefficient (Wildman–Crippen LogP) is 2.25. The highest BCUT2D eigenvalue weighted by Crippen LogP contribution is 2.43. The first kappa shape index (κ1) is 19.0. The van der Waals surface area contributed by atoms with Crippen molar-refractivity contribution in [1.82, 2.24) is 4.90 Å². The van der Waals surface area contributed by atoms with Crippen LogP contribution >= 0.6 is 31.9 Å². The number of para-hydroxylation sites is 1. The number of nitrogens with zero attached hydrogens (tertiary/aromatic N) is 1. The Morgan fingerprint density at radius 3 is 2.15 bits per heavy atom. The number of anilines is 1. The highest BCUT2D eigenvalue weighted by molar-refractivity contribution is 9.12. The van der Waals surface area contributed by atoms with Crippen molar-refractivity contribution in [2.24, 2.45) is 11.8 Å². The van der Waals surface area contributed by atoms with Crippen LogP contribution in [0, 0.1) is 11.8 Å². The Morgan fingerprint density at radius 2 is 1.62 bits per heavy atom. The lowest BCUT2D eigenvalue weighted by Crippen LogP contribution is -2.38. The number of carbonyl (C=O) groups excluding carboxylic acids is 3. The zero-order valence-electron chi connectivity index (χ0n) is 13.5. The molecule has 1 saturated heterocycles.